The second kappa shape index (κ2) is 27.9. The molecule has 6 amide bonds. The van der Waals surface area contributed by atoms with Gasteiger partial charge in [0, 0.05) is 52.7 Å². The van der Waals surface area contributed by atoms with E-state index in [1.54, 1.807) is 58.0 Å². The Morgan fingerprint density at radius 1 is 0.963 bits per heavy atom. The number of carbonyl (C=O) groups excluding carboxylic acids is 6. The number of primary amides is 1. The van der Waals surface area contributed by atoms with Gasteiger partial charge in [0.25, 0.3) is 5.56 Å². The van der Waals surface area contributed by atoms with Crippen LogP contribution in [0, 0.1) is 18.7 Å². The third-order valence-corrected chi connectivity index (χ3v) is 14.1. The number of carbonyl (C=O) groups is 6. The molecule has 26 heteroatoms. The standard InChI is InChI=1S/C54H68FN11O14/c1-5-54(74)37-25-42-47-35(27-66(42)50(70)36(37)29-79-51(54)71)45-39(13-12-34-31(4)38(55)26-41(61-47)44(34)45)63-53(73)80-28-32-8-10-33(11-9-32)60-48(68)40(7-6-15-58-52(56)72)62-49(69)46(30(2)3)64-43(67)14-17-75-19-21-77-23-24-78-22-20-76-18-16-59-65-57/h8-11,25-26,30,39-40,46,74H,5-7,12-24,27-29H2,1-4H3,(H,60,68)(H,62,69)(H,63,73)(H,64,67)(H3,56,58,72)/t39?,40-,46-,54-/m0/s1. The molecule has 2 aromatic carbocycles. The SMILES string of the molecule is CC[C@@]1(O)C(=O)OCc2c1cc1n(c2=O)Cc2c-1nc1cc(F)c(C)c3c1c2C(NC(=O)OCc1ccc(NC(=O)[C@H](CCCNC(N)=O)NC(=O)[C@@H](NC(=O)CCOCCOCCOCCOCCN=[N+]=[N-])C(C)C)cc1)CC3. The number of cyclic esters (lactones) is 1. The number of nitrogens with zero attached hydrogens (tertiary/aromatic N) is 5. The Balaban J connectivity index is 0.925. The second-order valence-corrected chi connectivity index (χ2v) is 19.7. The maximum Gasteiger partial charge on any atom is 0.407 e. The Bertz CT molecular complexity index is 3060. The smallest absolute Gasteiger partial charge is 0.407 e. The van der Waals surface area contributed by atoms with Crippen molar-refractivity contribution in [2.24, 2.45) is 16.8 Å². The van der Waals surface area contributed by atoms with Crippen LogP contribution in [0.4, 0.5) is 19.7 Å². The highest BCUT2D eigenvalue weighted by Gasteiger charge is 2.46. The fourth-order valence-electron chi connectivity index (χ4n) is 9.85. The number of amides is 6. The van der Waals surface area contributed by atoms with Crippen LogP contribution in [0.15, 0.2) is 46.3 Å². The topological polar surface area (TPSA) is 348 Å². The van der Waals surface area contributed by atoms with E-state index in [2.05, 4.69) is 36.6 Å². The molecule has 4 aromatic rings. The first kappa shape index (κ1) is 59.9. The predicted molar refractivity (Wildman–Crippen MR) is 286 cm³/mol. The molecule has 25 nitrogen and oxygen atoms in total. The molecule has 0 bridgehead atoms. The van der Waals surface area contributed by atoms with Crippen LogP contribution in [0.5, 0.6) is 0 Å². The maximum atomic E-state index is 15.4. The van der Waals surface area contributed by atoms with Crippen LogP contribution in [0.25, 0.3) is 32.7 Å². The molecular formula is C54H68FN11O14. The largest absolute Gasteiger partial charge is 0.458 e. The van der Waals surface area contributed by atoms with E-state index < -0.39 is 70.9 Å². The van der Waals surface area contributed by atoms with Crippen LogP contribution in [-0.2, 0) is 79.4 Å². The summed E-state index contributed by atoms with van der Waals surface area (Å²) in [6.45, 7) is 9.02. The fraction of sp³-hybridized carbons (Fsp3) is 0.519. The summed E-state index contributed by atoms with van der Waals surface area (Å²) >= 11 is 0. The number of aliphatic hydroxyl groups is 1. The molecule has 8 N–H and O–H groups in total. The molecule has 0 spiro atoms. The summed E-state index contributed by atoms with van der Waals surface area (Å²) in [5, 5.41) is 29.2. The van der Waals surface area contributed by atoms with E-state index in [1.165, 1.54) is 10.6 Å². The summed E-state index contributed by atoms with van der Waals surface area (Å²) in [6, 6.07) is 5.88. The quantitative estimate of drug-likeness (QED) is 0.0116. The molecular weight excluding hydrogens is 1050 g/mol. The van der Waals surface area contributed by atoms with Gasteiger partial charge in [-0.25, -0.2) is 23.8 Å². The summed E-state index contributed by atoms with van der Waals surface area (Å²) in [7, 11) is 0. The highest BCUT2D eigenvalue weighted by molar-refractivity contribution is 5.99. The number of rotatable bonds is 29. The van der Waals surface area contributed by atoms with Crippen LogP contribution >= 0.6 is 0 Å². The average molecular weight is 1110 g/mol. The summed E-state index contributed by atoms with van der Waals surface area (Å²) in [4.78, 5) is 99.7. The number of ether oxygens (including phenoxy) is 6. The number of hydrogen-bond acceptors (Lipinski definition) is 16. The molecule has 2 aromatic heterocycles. The van der Waals surface area contributed by atoms with Crippen molar-refractivity contribution in [1.29, 1.82) is 0 Å². The van der Waals surface area contributed by atoms with Crippen molar-refractivity contribution in [3.05, 3.63) is 102 Å². The Kier molecular flexibility index (Phi) is 20.9. The Morgan fingerprint density at radius 3 is 2.31 bits per heavy atom. The summed E-state index contributed by atoms with van der Waals surface area (Å²) < 4.78 is 49.5. The molecule has 3 aliphatic rings. The van der Waals surface area contributed by atoms with Crippen LogP contribution < -0.4 is 37.9 Å². The van der Waals surface area contributed by atoms with E-state index in [9.17, 15) is 38.7 Å². The van der Waals surface area contributed by atoms with Gasteiger partial charge < -0.3 is 70.4 Å². The average Bonchev–Trinajstić information content (AvgIpc) is 4.04. The zero-order valence-electron chi connectivity index (χ0n) is 45.2. The first-order valence-corrected chi connectivity index (χ1v) is 26.5. The Labute approximate surface area is 459 Å². The van der Waals surface area contributed by atoms with E-state index in [4.69, 9.17) is 44.7 Å². The first-order valence-electron chi connectivity index (χ1n) is 26.5. The van der Waals surface area contributed by atoms with E-state index in [1.807, 2.05) is 0 Å². The number of azide groups is 1. The van der Waals surface area contributed by atoms with E-state index in [0.29, 0.717) is 96.1 Å². The van der Waals surface area contributed by atoms with Crippen LogP contribution in [-0.4, -0.2) is 129 Å². The van der Waals surface area contributed by atoms with Crippen LogP contribution in [0.3, 0.4) is 0 Å². The summed E-state index contributed by atoms with van der Waals surface area (Å²) in [5.41, 5.74) is 15.7. The number of halogens is 1. The lowest BCUT2D eigenvalue weighted by Crippen LogP contribution is -2.54. The normalized spacial score (nSPS) is 16.5. The van der Waals surface area contributed by atoms with E-state index in [-0.39, 0.29) is 95.4 Å². The number of aryl methyl sites for hydroxylation is 1. The number of fused-ring (bicyclic) bond motifs is 5. The van der Waals surface area contributed by atoms with Crippen LogP contribution in [0.1, 0.15) is 97.9 Å². The number of anilines is 1. The van der Waals surface area contributed by atoms with Gasteiger partial charge in [0.2, 0.25) is 17.7 Å². The molecule has 7 rings (SSSR count). The lowest BCUT2D eigenvalue weighted by molar-refractivity contribution is -0.172. The minimum Gasteiger partial charge on any atom is -0.458 e. The highest BCUT2D eigenvalue weighted by atomic mass is 19.1. The van der Waals surface area contributed by atoms with Gasteiger partial charge in [0.05, 0.1) is 87.9 Å². The highest BCUT2D eigenvalue weighted by Crippen LogP contribution is 2.46. The number of nitrogens with one attached hydrogen (secondary N) is 5. The molecule has 0 saturated carbocycles. The zero-order chi connectivity index (χ0) is 57.5. The number of aromatic nitrogens is 2. The molecule has 1 aliphatic carbocycles. The van der Waals surface area contributed by atoms with Crippen molar-refractivity contribution in [2.45, 2.75) is 110 Å². The van der Waals surface area contributed by atoms with Crippen molar-refractivity contribution in [3.63, 3.8) is 0 Å². The second-order valence-electron chi connectivity index (χ2n) is 19.7. The molecule has 2 aliphatic heterocycles. The number of hydrogen-bond donors (Lipinski definition) is 7. The fourth-order valence-corrected chi connectivity index (χ4v) is 9.85. The lowest BCUT2D eigenvalue weighted by Gasteiger charge is -2.31. The number of esters is 1. The van der Waals surface area contributed by atoms with Crippen LogP contribution in [0.2, 0.25) is 0 Å². The van der Waals surface area contributed by atoms with Gasteiger partial charge in [-0.05, 0) is 90.9 Å². The molecule has 1 unspecified atom stereocenters. The van der Waals surface area contributed by atoms with Gasteiger partial charge in [0.1, 0.15) is 31.1 Å². The molecule has 4 atom stereocenters. The predicted octanol–water partition coefficient (Wildman–Crippen LogP) is 4.22. The lowest BCUT2D eigenvalue weighted by atomic mass is 9.81. The van der Waals surface area contributed by atoms with Gasteiger partial charge in [-0.3, -0.25) is 19.2 Å². The van der Waals surface area contributed by atoms with E-state index in [0.717, 1.165) is 5.56 Å². The van der Waals surface area contributed by atoms with Gasteiger partial charge in [-0.1, -0.05) is 38.0 Å². The van der Waals surface area contributed by atoms with Crippen molar-refractivity contribution in [3.8, 4) is 11.4 Å². The number of alkyl carbamates (subject to hydrolysis) is 1. The van der Waals surface area contributed by atoms with Gasteiger partial charge in [-0.15, -0.1) is 0 Å². The number of benzene rings is 2. The zero-order valence-corrected chi connectivity index (χ0v) is 45.2. The molecule has 0 saturated heterocycles. The molecule has 430 valence electrons. The van der Waals surface area contributed by atoms with Crippen molar-refractivity contribution >= 4 is 52.4 Å². The number of urea groups is 1. The third-order valence-electron chi connectivity index (χ3n) is 14.1. The van der Waals surface area contributed by atoms with E-state index >= 15 is 4.39 Å². The first-order chi connectivity index (χ1) is 38.4. The molecule has 4 heterocycles. The number of nitrogens with two attached hydrogens (primary N) is 1. The van der Waals surface area contributed by atoms with Crippen molar-refractivity contribution < 1.29 is 66.7 Å². The third kappa shape index (κ3) is 14.5. The minimum absolute atomic E-state index is 0.0418. The summed E-state index contributed by atoms with van der Waals surface area (Å²) in [6.07, 6.45) is 0.306. The molecule has 80 heavy (non-hydrogen) atoms. The van der Waals surface area contributed by atoms with Crippen molar-refractivity contribution in [1.82, 2.24) is 30.8 Å². The Morgan fingerprint density at radius 2 is 1.65 bits per heavy atom. The maximum absolute atomic E-state index is 15.4. The van der Waals surface area contributed by atoms with Crippen molar-refractivity contribution in [2.75, 3.05) is 71.3 Å². The monoisotopic (exact) mass is 1110 g/mol. The molecule has 0 radical (unpaired) electrons. The number of pyridine rings is 2. The molecule has 0 fully saturated rings. The minimum atomic E-state index is -2.05. The van der Waals surface area contributed by atoms with Gasteiger partial charge >= 0.3 is 18.1 Å². The van der Waals surface area contributed by atoms with Gasteiger partial charge in [0.15, 0.2) is 5.60 Å². The summed E-state index contributed by atoms with van der Waals surface area (Å²) in [5.74, 6) is -3.30. The van der Waals surface area contributed by atoms with Gasteiger partial charge in [-0.2, -0.15) is 0 Å². The Hall–Kier alpha value is -7.74.